The van der Waals surface area contributed by atoms with E-state index in [1.165, 1.54) is 19.1 Å². The van der Waals surface area contributed by atoms with Gasteiger partial charge in [-0.1, -0.05) is 60.2 Å². The van der Waals surface area contributed by atoms with Gasteiger partial charge in [-0.2, -0.15) is 4.72 Å². The van der Waals surface area contributed by atoms with Crippen LogP contribution in [0.15, 0.2) is 71.6 Å². The molecular weight excluding hydrogens is 544 g/mol. The molecule has 3 aromatic carbocycles. The van der Waals surface area contributed by atoms with Gasteiger partial charge in [0.2, 0.25) is 21.8 Å². The van der Waals surface area contributed by atoms with Crippen molar-refractivity contribution in [3.05, 3.63) is 77.9 Å². The Morgan fingerprint density at radius 1 is 0.902 bits per heavy atom. The molecular formula is C30H38N4O6S. The molecule has 0 unspecified atom stereocenters. The lowest BCUT2D eigenvalue weighted by molar-refractivity contribution is -0.139. The zero-order chi connectivity index (χ0) is 30.2. The van der Waals surface area contributed by atoms with E-state index >= 15 is 0 Å². The lowest BCUT2D eigenvalue weighted by Crippen LogP contribution is -2.53. The Hall–Kier alpha value is -3.80. The molecule has 4 N–H and O–H groups in total. The number of sulfonamides is 1. The molecule has 3 amide bonds. The number of benzene rings is 3. The molecule has 3 aromatic rings. The fourth-order valence-corrected chi connectivity index (χ4v) is 5.27. The molecule has 0 fully saturated rings. The first kappa shape index (κ1) is 31.7. The summed E-state index contributed by atoms with van der Waals surface area (Å²) in [6.07, 6.45) is -0.231. The molecule has 10 nitrogen and oxygen atoms in total. The average Bonchev–Trinajstić information content (AvgIpc) is 2.90. The highest BCUT2D eigenvalue weighted by Crippen LogP contribution is 2.19. The minimum Gasteiger partial charge on any atom is -0.352 e. The van der Waals surface area contributed by atoms with E-state index in [9.17, 15) is 22.8 Å². The number of nitrogens with one attached hydrogen (secondary N) is 4. The minimum atomic E-state index is -4.09. The second-order valence-corrected chi connectivity index (χ2v) is 12.7. The van der Waals surface area contributed by atoms with Crippen molar-refractivity contribution in [3.63, 3.8) is 0 Å². The van der Waals surface area contributed by atoms with Gasteiger partial charge in [-0.05, 0) is 69.5 Å². The van der Waals surface area contributed by atoms with Crippen molar-refractivity contribution in [1.29, 1.82) is 0 Å². The van der Waals surface area contributed by atoms with Crippen LogP contribution in [0.4, 0.5) is 0 Å². The van der Waals surface area contributed by atoms with E-state index in [1.54, 1.807) is 12.1 Å². The van der Waals surface area contributed by atoms with Gasteiger partial charge < -0.3 is 10.6 Å². The van der Waals surface area contributed by atoms with Gasteiger partial charge >= 0.3 is 0 Å². The number of carbonyl (C=O) groups excluding carboxylic acids is 3. The van der Waals surface area contributed by atoms with Gasteiger partial charge in [-0.25, -0.2) is 13.9 Å². The smallest absolute Gasteiger partial charge is 0.265 e. The number of carbonyl (C=O) groups is 3. The molecule has 0 heterocycles. The second-order valence-electron chi connectivity index (χ2n) is 10.9. The number of hydroxylamine groups is 1. The van der Waals surface area contributed by atoms with Gasteiger partial charge in [0, 0.05) is 12.0 Å². The van der Waals surface area contributed by atoms with E-state index in [1.807, 2.05) is 70.2 Å². The lowest BCUT2D eigenvalue weighted by atomic mass is 10.1. The van der Waals surface area contributed by atoms with Gasteiger partial charge in [-0.3, -0.25) is 19.2 Å². The van der Waals surface area contributed by atoms with E-state index in [0.29, 0.717) is 0 Å². The third kappa shape index (κ3) is 9.66. The van der Waals surface area contributed by atoms with Crippen molar-refractivity contribution in [3.8, 4) is 0 Å². The Labute approximate surface area is 241 Å². The molecule has 2 atom stereocenters. The molecule has 0 bridgehead atoms. The van der Waals surface area contributed by atoms with Crippen LogP contribution in [0.25, 0.3) is 10.8 Å². The molecule has 0 radical (unpaired) electrons. The van der Waals surface area contributed by atoms with Crippen LogP contribution >= 0.6 is 0 Å². The maximum Gasteiger partial charge on any atom is 0.265 e. The van der Waals surface area contributed by atoms with E-state index in [0.717, 1.165) is 21.9 Å². The summed E-state index contributed by atoms with van der Waals surface area (Å²) >= 11 is 0. The van der Waals surface area contributed by atoms with Crippen molar-refractivity contribution in [2.24, 2.45) is 0 Å². The SMILES string of the molecule is Cc1ccc(S(=O)(=O)N[C@@H](CCC(=O)NC(C)(C)C)C(=O)N[C@@H](C)C(=O)NOCc2cccc3ccccc23)cc1. The Kier molecular flexibility index (Phi) is 10.6. The fraction of sp³-hybridized carbons (Fsp3) is 0.367. The summed E-state index contributed by atoms with van der Waals surface area (Å²) in [5.41, 5.74) is 3.60. The monoisotopic (exact) mass is 582 g/mol. The van der Waals surface area contributed by atoms with Gasteiger partial charge in [0.05, 0.1) is 4.90 Å². The third-order valence-corrected chi connectivity index (χ3v) is 7.64. The van der Waals surface area contributed by atoms with Crippen LogP contribution in [0.2, 0.25) is 0 Å². The Balaban J connectivity index is 1.64. The zero-order valence-electron chi connectivity index (χ0n) is 24.0. The van der Waals surface area contributed by atoms with Crippen molar-refractivity contribution in [2.45, 2.75) is 76.6 Å². The van der Waals surface area contributed by atoms with Crippen LogP contribution in [0.5, 0.6) is 0 Å². The molecule has 0 aromatic heterocycles. The van der Waals surface area contributed by atoms with Gasteiger partial charge in [-0.15, -0.1) is 0 Å². The summed E-state index contributed by atoms with van der Waals surface area (Å²) in [7, 11) is -4.09. The van der Waals surface area contributed by atoms with Crippen LogP contribution in [0.1, 0.15) is 51.7 Å². The summed E-state index contributed by atoms with van der Waals surface area (Å²) in [4.78, 5) is 43.6. The van der Waals surface area contributed by atoms with Crippen LogP contribution in [0.3, 0.4) is 0 Å². The molecule has 220 valence electrons. The molecule has 0 saturated carbocycles. The minimum absolute atomic E-state index is 0.0207. The Morgan fingerprint density at radius 2 is 1.56 bits per heavy atom. The zero-order valence-corrected chi connectivity index (χ0v) is 24.8. The first-order chi connectivity index (χ1) is 19.2. The molecule has 41 heavy (non-hydrogen) atoms. The van der Waals surface area contributed by atoms with Crippen molar-refractivity contribution >= 4 is 38.5 Å². The number of aryl methyl sites for hydroxylation is 1. The normalized spacial score (nSPS) is 13.3. The molecule has 11 heteroatoms. The van der Waals surface area contributed by atoms with E-state index in [-0.39, 0.29) is 30.3 Å². The number of rotatable bonds is 12. The van der Waals surface area contributed by atoms with Crippen LogP contribution < -0.4 is 20.8 Å². The Morgan fingerprint density at radius 3 is 2.24 bits per heavy atom. The van der Waals surface area contributed by atoms with Gasteiger partial charge in [0.15, 0.2) is 0 Å². The topological polar surface area (TPSA) is 143 Å². The van der Waals surface area contributed by atoms with Gasteiger partial charge in [0.25, 0.3) is 5.91 Å². The highest BCUT2D eigenvalue weighted by Gasteiger charge is 2.29. The maximum atomic E-state index is 13.2. The van der Waals surface area contributed by atoms with Crippen molar-refractivity contribution in [2.75, 3.05) is 0 Å². The maximum absolute atomic E-state index is 13.2. The summed E-state index contributed by atoms with van der Waals surface area (Å²) < 4.78 is 28.4. The van der Waals surface area contributed by atoms with E-state index < -0.39 is 39.5 Å². The van der Waals surface area contributed by atoms with Crippen LogP contribution in [0, 0.1) is 6.92 Å². The molecule has 0 spiro atoms. The summed E-state index contributed by atoms with van der Waals surface area (Å²) in [5.74, 6) is -1.71. The molecule has 0 saturated heterocycles. The van der Waals surface area contributed by atoms with Crippen LogP contribution in [-0.2, 0) is 35.9 Å². The summed E-state index contributed by atoms with van der Waals surface area (Å²) in [6.45, 7) is 8.83. The molecule has 0 aliphatic rings. The summed E-state index contributed by atoms with van der Waals surface area (Å²) in [6, 6.07) is 17.3. The quantitative estimate of drug-likeness (QED) is 0.242. The van der Waals surface area contributed by atoms with Crippen LogP contribution in [-0.4, -0.2) is 43.8 Å². The number of fused-ring (bicyclic) bond motifs is 1. The highest BCUT2D eigenvalue weighted by atomic mass is 32.2. The predicted octanol–water partition coefficient (Wildman–Crippen LogP) is 3.24. The number of hydrogen-bond acceptors (Lipinski definition) is 6. The first-order valence-electron chi connectivity index (χ1n) is 13.3. The van der Waals surface area contributed by atoms with Crippen molar-refractivity contribution < 1.29 is 27.6 Å². The third-order valence-electron chi connectivity index (χ3n) is 6.15. The molecule has 0 aliphatic heterocycles. The molecule has 0 aliphatic carbocycles. The first-order valence-corrected chi connectivity index (χ1v) is 14.8. The highest BCUT2D eigenvalue weighted by molar-refractivity contribution is 7.89. The van der Waals surface area contributed by atoms with Crippen molar-refractivity contribution in [1.82, 2.24) is 20.8 Å². The standard InChI is InChI=1S/C30H38N4O6S/c1-20-13-15-24(16-14-20)41(38,39)34-26(17-18-27(35)32-30(3,4)5)29(37)31-21(2)28(36)33-40-19-23-11-8-10-22-9-6-7-12-25(22)23/h6-16,21,26,34H,17-19H2,1-5H3,(H,31,37)(H,32,35)(H,33,36)/t21-,26-/m0/s1. The lowest BCUT2D eigenvalue weighted by Gasteiger charge is -2.23. The predicted molar refractivity (Wildman–Crippen MR) is 157 cm³/mol. The largest absolute Gasteiger partial charge is 0.352 e. The van der Waals surface area contributed by atoms with E-state index in [2.05, 4.69) is 20.8 Å². The molecule has 3 rings (SSSR count). The Bertz CT molecular complexity index is 1480. The number of hydrogen-bond donors (Lipinski definition) is 4. The number of amides is 3. The fourth-order valence-electron chi connectivity index (χ4n) is 4.04. The van der Waals surface area contributed by atoms with E-state index in [4.69, 9.17) is 4.84 Å². The van der Waals surface area contributed by atoms with Gasteiger partial charge in [0.1, 0.15) is 18.7 Å². The second kappa shape index (κ2) is 13.7. The average molecular weight is 583 g/mol. The summed E-state index contributed by atoms with van der Waals surface area (Å²) in [5, 5.41) is 7.34.